The fourth-order valence-electron chi connectivity index (χ4n) is 12.6. The molecular weight excluding hydrogens is 835 g/mol. The summed E-state index contributed by atoms with van der Waals surface area (Å²) >= 11 is 0. The van der Waals surface area contributed by atoms with Gasteiger partial charge in [-0.25, -0.2) is 0 Å². The van der Waals surface area contributed by atoms with Crippen molar-refractivity contribution in [2.75, 3.05) is 4.90 Å². The summed E-state index contributed by atoms with van der Waals surface area (Å²) in [5.41, 5.74) is 19.4. The van der Waals surface area contributed by atoms with Gasteiger partial charge in [0.15, 0.2) is 0 Å². The molecule has 0 aromatic heterocycles. The van der Waals surface area contributed by atoms with Gasteiger partial charge in [-0.1, -0.05) is 200 Å². The van der Waals surface area contributed by atoms with Crippen molar-refractivity contribution < 1.29 is 4.74 Å². The summed E-state index contributed by atoms with van der Waals surface area (Å²) in [5.74, 6) is 1.08. The zero-order valence-electron chi connectivity index (χ0n) is 37.7. The van der Waals surface area contributed by atoms with Crippen LogP contribution in [0.25, 0.3) is 71.3 Å². The molecule has 69 heavy (non-hydrogen) atoms. The second-order valence-corrected chi connectivity index (χ2v) is 19.0. The Morgan fingerprint density at radius 3 is 1.71 bits per heavy atom. The summed E-state index contributed by atoms with van der Waals surface area (Å²) in [6, 6.07) is 85.7. The predicted octanol–water partition coefficient (Wildman–Crippen LogP) is 17.1. The molecule has 0 radical (unpaired) electrons. The smallest absolute Gasteiger partial charge is 0.128 e. The van der Waals surface area contributed by atoms with E-state index in [1.807, 2.05) is 0 Å². The Labute approximate surface area is 401 Å². The highest BCUT2D eigenvalue weighted by molar-refractivity contribution is 6.12. The number of nitrogens with zero attached hydrogens (tertiary/aromatic N) is 1. The SMILES string of the molecule is C1=CC2Oc3cc4ccccc4cc3C2C=C1c1ccccc1N(c1ccc(-c2cccc3c2ccc2ccccc23)cc1)c1ccc2c(c1)C1(c3ccccc3-c3ccccc31)c1ccccc1-2. The van der Waals surface area contributed by atoms with Crippen molar-refractivity contribution >= 4 is 55.0 Å². The Hall–Kier alpha value is -8.72. The van der Waals surface area contributed by atoms with E-state index in [0.29, 0.717) is 0 Å². The molecule has 15 rings (SSSR count). The van der Waals surface area contributed by atoms with Crippen LogP contribution >= 0.6 is 0 Å². The lowest BCUT2D eigenvalue weighted by Gasteiger charge is -2.33. The minimum absolute atomic E-state index is 0.0462. The maximum atomic E-state index is 6.64. The van der Waals surface area contributed by atoms with E-state index in [1.54, 1.807) is 0 Å². The van der Waals surface area contributed by atoms with Gasteiger partial charge in [-0.15, -0.1) is 0 Å². The Morgan fingerprint density at radius 1 is 0.391 bits per heavy atom. The Morgan fingerprint density at radius 2 is 0.971 bits per heavy atom. The first kappa shape index (κ1) is 38.4. The molecule has 1 spiro atoms. The van der Waals surface area contributed by atoms with Crippen molar-refractivity contribution in [1.82, 2.24) is 0 Å². The number of benzene rings is 11. The van der Waals surface area contributed by atoms with Crippen LogP contribution in [0.4, 0.5) is 17.1 Å². The number of para-hydroxylation sites is 1. The molecule has 1 aliphatic heterocycles. The molecule has 2 nitrogen and oxygen atoms in total. The summed E-state index contributed by atoms with van der Waals surface area (Å²) in [7, 11) is 0. The highest BCUT2D eigenvalue weighted by Crippen LogP contribution is 2.63. The third-order valence-electron chi connectivity index (χ3n) is 15.6. The molecule has 2 atom stereocenters. The first-order chi connectivity index (χ1) is 34.2. The van der Waals surface area contributed by atoms with Gasteiger partial charge in [0, 0.05) is 28.4 Å². The first-order valence-electron chi connectivity index (χ1n) is 24.1. The molecule has 0 fully saturated rings. The monoisotopic (exact) mass is 877 g/mol. The number of rotatable bonds is 5. The second kappa shape index (κ2) is 14.6. The lowest BCUT2D eigenvalue weighted by molar-refractivity contribution is 0.269. The van der Waals surface area contributed by atoms with Crippen molar-refractivity contribution in [3.63, 3.8) is 0 Å². The highest BCUT2D eigenvalue weighted by Gasteiger charge is 2.51. The van der Waals surface area contributed by atoms with E-state index >= 15 is 0 Å². The minimum atomic E-state index is -0.466. The molecule has 322 valence electrons. The van der Waals surface area contributed by atoms with Crippen LogP contribution in [0.2, 0.25) is 0 Å². The first-order valence-corrected chi connectivity index (χ1v) is 24.1. The molecule has 0 N–H and O–H groups in total. The van der Waals surface area contributed by atoms with E-state index in [2.05, 4.69) is 254 Å². The van der Waals surface area contributed by atoms with Crippen molar-refractivity contribution in [2.45, 2.75) is 17.4 Å². The van der Waals surface area contributed by atoms with Crippen LogP contribution in [0.1, 0.15) is 39.3 Å². The van der Waals surface area contributed by atoms with Crippen molar-refractivity contribution in [3.05, 3.63) is 282 Å². The highest BCUT2D eigenvalue weighted by atomic mass is 16.5. The Bertz CT molecular complexity index is 3960. The van der Waals surface area contributed by atoms with E-state index < -0.39 is 5.41 Å². The molecule has 1 heterocycles. The summed E-state index contributed by atoms with van der Waals surface area (Å²) in [4.78, 5) is 2.49. The fraction of sp³-hybridized carbons (Fsp3) is 0.0448. The summed E-state index contributed by atoms with van der Waals surface area (Å²) in [5, 5.41) is 7.50. The number of hydrogen-bond acceptors (Lipinski definition) is 2. The molecule has 2 heteroatoms. The van der Waals surface area contributed by atoms with Crippen LogP contribution in [0.5, 0.6) is 5.75 Å². The molecule has 4 aliphatic rings. The molecule has 0 bridgehead atoms. The Kier molecular flexibility index (Phi) is 8.15. The third-order valence-corrected chi connectivity index (χ3v) is 15.6. The van der Waals surface area contributed by atoms with Crippen molar-refractivity contribution in [1.29, 1.82) is 0 Å². The standard InChI is InChI=1S/C67H43NO/c1-2-16-45-40-66-59(38-44(45)15-1)58-39-46(31-37-65(58)69-66)51-18-8-12-27-64(51)68(47-32-28-43(29-33-47)50-22-13-23-52-49-17-4-3-14-42(49)30-35-53(50)52)48-34-36-57-56-21-7-11-26-62(56)67(63(57)41-48)60-24-9-5-19-54(60)55-20-6-10-25-61(55)67/h1-41,58,65H. The van der Waals surface area contributed by atoms with Gasteiger partial charge in [0.05, 0.1) is 11.1 Å². The summed E-state index contributed by atoms with van der Waals surface area (Å²) in [6.45, 7) is 0. The lowest BCUT2D eigenvalue weighted by atomic mass is 9.70. The number of allylic oxidation sites excluding steroid dienone is 2. The van der Waals surface area contributed by atoms with E-state index in [1.165, 1.54) is 105 Å². The molecular formula is C67H43NO. The van der Waals surface area contributed by atoms with Gasteiger partial charge < -0.3 is 9.64 Å². The van der Waals surface area contributed by atoms with Gasteiger partial charge in [0.25, 0.3) is 0 Å². The number of fused-ring (bicyclic) bond motifs is 17. The van der Waals surface area contributed by atoms with Gasteiger partial charge in [-0.05, 0) is 142 Å². The molecule has 2 unspecified atom stereocenters. The maximum Gasteiger partial charge on any atom is 0.128 e. The van der Waals surface area contributed by atoms with Crippen LogP contribution in [0.15, 0.2) is 249 Å². The minimum Gasteiger partial charge on any atom is -0.485 e. The van der Waals surface area contributed by atoms with Crippen LogP contribution in [-0.2, 0) is 5.41 Å². The normalized spacial score (nSPS) is 16.4. The Balaban J connectivity index is 0.929. The van der Waals surface area contributed by atoms with Gasteiger partial charge in [0.2, 0.25) is 0 Å². The van der Waals surface area contributed by atoms with Gasteiger partial charge >= 0.3 is 0 Å². The second-order valence-electron chi connectivity index (χ2n) is 19.0. The predicted molar refractivity (Wildman–Crippen MR) is 286 cm³/mol. The molecule has 11 aromatic carbocycles. The average Bonchev–Trinajstić information content (AvgIpc) is 4.03. The maximum absolute atomic E-state index is 6.64. The van der Waals surface area contributed by atoms with Gasteiger partial charge in [0.1, 0.15) is 11.9 Å². The molecule has 0 saturated heterocycles. The third kappa shape index (κ3) is 5.49. The molecule has 11 aromatic rings. The van der Waals surface area contributed by atoms with Crippen molar-refractivity contribution in [2.24, 2.45) is 0 Å². The zero-order chi connectivity index (χ0) is 45.2. The number of anilines is 3. The quantitative estimate of drug-likeness (QED) is 0.160. The number of ether oxygens (including phenoxy) is 1. The number of hydrogen-bond donors (Lipinski definition) is 0. The lowest BCUT2D eigenvalue weighted by Crippen LogP contribution is -2.26. The molecule has 3 aliphatic carbocycles. The summed E-state index contributed by atoms with van der Waals surface area (Å²) in [6.07, 6.45) is 6.93. The van der Waals surface area contributed by atoms with Crippen LogP contribution in [0, 0.1) is 0 Å². The van der Waals surface area contributed by atoms with Crippen LogP contribution in [-0.4, -0.2) is 6.10 Å². The van der Waals surface area contributed by atoms with Crippen LogP contribution in [0.3, 0.4) is 0 Å². The largest absolute Gasteiger partial charge is 0.485 e. The fourth-order valence-corrected chi connectivity index (χ4v) is 12.6. The zero-order valence-corrected chi connectivity index (χ0v) is 37.7. The van der Waals surface area contributed by atoms with E-state index in [-0.39, 0.29) is 12.0 Å². The van der Waals surface area contributed by atoms with Gasteiger partial charge in [-0.2, -0.15) is 0 Å². The topological polar surface area (TPSA) is 12.5 Å². The van der Waals surface area contributed by atoms with E-state index in [0.717, 1.165) is 22.8 Å². The van der Waals surface area contributed by atoms with Crippen molar-refractivity contribution in [3.8, 4) is 39.1 Å². The van der Waals surface area contributed by atoms with Crippen LogP contribution < -0.4 is 9.64 Å². The molecule has 0 amide bonds. The van der Waals surface area contributed by atoms with E-state index in [4.69, 9.17) is 4.74 Å². The summed E-state index contributed by atoms with van der Waals surface area (Å²) < 4.78 is 6.64. The molecule has 0 saturated carbocycles. The van der Waals surface area contributed by atoms with E-state index in [9.17, 15) is 0 Å². The van der Waals surface area contributed by atoms with Gasteiger partial charge in [-0.3, -0.25) is 0 Å². The average molecular weight is 878 g/mol.